The van der Waals surface area contributed by atoms with Crippen molar-refractivity contribution in [3.05, 3.63) is 35.4 Å². The number of carbonyl (C=O) groups is 4. The molecule has 0 fully saturated rings. The van der Waals surface area contributed by atoms with Crippen LogP contribution in [-0.2, 0) is 19.1 Å². The maximum atomic E-state index is 12.3. The van der Waals surface area contributed by atoms with Crippen molar-refractivity contribution in [1.29, 1.82) is 0 Å². The van der Waals surface area contributed by atoms with Crippen molar-refractivity contribution < 1.29 is 33.8 Å². The van der Waals surface area contributed by atoms with Crippen LogP contribution in [0.5, 0.6) is 0 Å². The van der Waals surface area contributed by atoms with E-state index < -0.39 is 35.8 Å². The first kappa shape index (κ1) is 20.1. The molecule has 0 saturated carbocycles. The van der Waals surface area contributed by atoms with Crippen molar-refractivity contribution in [2.24, 2.45) is 5.92 Å². The third kappa shape index (κ3) is 5.91. The number of rotatable bonds is 8. The molecule has 0 aliphatic rings. The van der Waals surface area contributed by atoms with Gasteiger partial charge in [-0.25, -0.2) is 9.59 Å². The van der Waals surface area contributed by atoms with E-state index in [1.807, 2.05) is 0 Å². The fourth-order valence-corrected chi connectivity index (χ4v) is 2.10. The van der Waals surface area contributed by atoms with Gasteiger partial charge < -0.3 is 19.9 Å². The number of methoxy groups -OCH3 is 1. The monoisotopic (exact) mass is 351 g/mol. The molecular formula is C17H21NO7. The predicted octanol–water partition coefficient (Wildman–Crippen LogP) is 1.25. The number of ether oxygens (including phenoxy) is 2. The minimum absolute atomic E-state index is 0.109. The van der Waals surface area contributed by atoms with E-state index in [0.29, 0.717) is 0 Å². The Hall–Kier alpha value is -2.90. The first-order valence-electron chi connectivity index (χ1n) is 7.68. The van der Waals surface area contributed by atoms with E-state index in [1.165, 1.54) is 38.3 Å². The molecule has 25 heavy (non-hydrogen) atoms. The van der Waals surface area contributed by atoms with Crippen LogP contribution in [0.2, 0.25) is 0 Å². The highest BCUT2D eigenvalue weighted by molar-refractivity contribution is 5.99. The molecule has 0 aliphatic carbocycles. The van der Waals surface area contributed by atoms with Crippen LogP contribution < -0.4 is 5.32 Å². The lowest BCUT2D eigenvalue weighted by molar-refractivity contribution is -0.148. The number of hydrogen-bond acceptors (Lipinski definition) is 6. The average molecular weight is 351 g/mol. The number of carboxylic acid groups (broad SMARTS) is 1. The number of esters is 2. The van der Waals surface area contributed by atoms with Crippen LogP contribution in [0.4, 0.5) is 0 Å². The summed E-state index contributed by atoms with van der Waals surface area (Å²) in [4.78, 5) is 46.8. The summed E-state index contributed by atoms with van der Waals surface area (Å²) in [6.07, 6.45) is -0.114. The number of amides is 1. The average Bonchev–Trinajstić information content (AvgIpc) is 2.60. The van der Waals surface area contributed by atoms with Gasteiger partial charge in [-0.15, -0.1) is 0 Å². The molecular weight excluding hydrogens is 330 g/mol. The maximum absolute atomic E-state index is 12.3. The summed E-state index contributed by atoms with van der Waals surface area (Å²) in [5.74, 6) is -3.78. The van der Waals surface area contributed by atoms with E-state index in [-0.39, 0.29) is 24.2 Å². The molecule has 0 saturated heterocycles. The van der Waals surface area contributed by atoms with Crippen molar-refractivity contribution in [2.45, 2.75) is 26.3 Å². The van der Waals surface area contributed by atoms with Gasteiger partial charge in [-0.05, 0) is 31.5 Å². The molecule has 0 unspecified atom stereocenters. The summed E-state index contributed by atoms with van der Waals surface area (Å²) in [5.41, 5.74) is 0.278. The zero-order valence-corrected chi connectivity index (χ0v) is 14.3. The molecule has 0 aromatic heterocycles. The lowest BCUT2D eigenvalue weighted by Crippen LogP contribution is -2.42. The molecule has 0 spiro atoms. The first-order chi connectivity index (χ1) is 11.8. The standard InChI is InChI=1S/C17H21NO7/c1-4-25-16(22)10(2)8-13(15(20)21)18-14(19)11-6-5-7-12(9-11)17(23)24-3/h5-7,9-10,13H,4,8H2,1-3H3,(H,18,19)(H,20,21)/t10-,13+/m0/s1. The molecule has 2 N–H and O–H groups in total. The molecule has 136 valence electrons. The third-order valence-corrected chi connectivity index (χ3v) is 3.43. The van der Waals surface area contributed by atoms with Crippen LogP contribution in [0.1, 0.15) is 41.0 Å². The molecule has 1 amide bonds. The minimum Gasteiger partial charge on any atom is -0.480 e. The Morgan fingerprint density at radius 2 is 1.84 bits per heavy atom. The van der Waals surface area contributed by atoms with Gasteiger partial charge in [0.1, 0.15) is 6.04 Å². The fourth-order valence-electron chi connectivity index (χ4n) is 2.10. The van der Waals surface area contributed by atoms with Crippen molar-refractivity contribution in [3.63, 3.8) is 0 Å². The van der Waals surface area contributed by atoms with Crippen LogP contribution in [0, 0.1) is 5.92 Å². The highest BCUT2D eigenvalue weighted by atomic mass is 16.5. The first-order valence-corrected chi connectivity index (χ1v) is 7.68. The number of nitrogens with one attached hydrogen (secondary N) is 1. The van der Waals surface area contributed by atoms with Gasteiger partial charge in [-0.2, -0.15) is 0 Å². The largest absolute Gasteiger partial charge is 0.480 e. The minimum atomic E-state index is -1.27. The van der Waals surface area contributed by atoms with E-state index in [9.17, 15) is 24.3 Å². The number of benzene rings is 1. The topological polar surface area (TPSA) is 119 Å². The molecule has 1 rings (SSSR count). The second kappa shape index (κ2) is 9.41. The SMILES string of the molecule is CCOC(=O)[C@@H](C)C[C@@H](NC(=O)c1cccc(C(=O)OC)c1)C(=O)O. The van der Waals surface area contributed by atoms with Gasteiger partial charge in [-0.3, -0.25) is 9.59 Å². The molecule has 8 heteroatoms. The van der Waals surface area contributed by atoms with E-state index >= 15 is 0 Å². The lowest BCUT2D eigenvalue weighted by Gasteiger charge is -2.18. The Kier molecular flexibility index (Phi) is 7.58. The summed E-state index contributed by atoms with van der Waals surface area (Å²) in [6, 6.07) is 4.43. The van der Waals surface area contributed by atoms with Gasteiger partial charge in [0.25, 0.3) is 5.91 Å². The second-order valence-electron chi connectivity index (χ2n) is 5.33. The normalized spacial score (nSPS) is 12.6. The highest BCUT2D eigenvalue weighted by Gasteiger charge is 2.27. The summed E-state index contributed by atoms with van der Waals surface area (Å²) in [7, 11) is 1.21. The van der Waals surface area contributed by atoms with Crippen molar-refractivity contribution in [2.75, 3.05) is 13.7 Å². The lowest BCUT2D eigenvalue weighted by atomic mass is 10.0. The van der Waals surface area contributed by atoms with E-state index in [4.69, 9.17) is 4.74 Å². The molecule has 2 atom stereocenters. The zero-order chi connectivity index (χ0) is 19.0. The molecule has 0 bridgehead atoms. The molecule has 1 aromatic rings. The summed E-state index contributed by atoms with van der Waals surface area (Å²) >= 11 is 0. The van der Waals surface area contributed by atoms with Crippen molar-refractivity contribution >= 4 is 23.8 Å². The summed E-state index contributed by atoms with van der Waals surface area (Å²) < 4.78 is 9.41. The second-order valence-corrected chi connectivity index (χ2v) is 5.33. The van der Waals surface area contributed by atoms with Crippen LogP contribution >= 0.6 is 0 Å². The van der Waals surface area contributed by atoms with Crippen molar-refractivity contribution in [1.82, 2.24) is 5.32 Å². The predicted molar refractivity (Wildman–Crippen MR) is 87.1 cm³/mol. The number of aliphatic carboxylic acids is 1. The Labute approximate surface area is 145 Å². The Morgan fingerprint density at radius 3 is 2.40 bits per heavy atom. The summed E-state index contributed by atoms with van der Waals surface area (Å²) in [5, 5.41) is 11.6. The van der Waals surface area contributed by atoms with Crippen molar-refractivity contribution in [3.8, 4) is 0 Å². The number of hydrogen-bond donors (Lipinski definition) is 2. The van der Waals surface area contributed by atoms with Gasteiger partial charge in [0, 0.05) is 5.56 Å². The maximum Gasteiger partial charge on any atom is 0.337 e. The van der Waals surface area contributed by atoms with Gasteiger partial charge >= 0.3 is 17.9 Å². The van der Waals surface area contributed by atoms with Gasteiger partial charge in [0.2, 0.25) is 0 Å². The quantitative estimate of drug-likeness (QED) is 0.676. The van der Waals surface area contributed by atoms with Crippen LogP contribution in [0.25, 0.3) is 0 Å². The van der Waals surface area contributed by atoms with Gasteiger partial charge in [-0.1, -0.05) is 13.0 Å². The third-order valence-electron chi connectivity index (χ3n) is 3.43. The van der Waals surface area contributed by atoms with E-state index in [2.05, 4.69) is 10.1 Å². The molecule has 0 radical (unpaired) electrons. The molecule has 1 aromatic carbocycles. The van der Waals surface area contributed by atoms with Crippen LogP contribution in [0.15, 0.2) is 24.3 Å². The fraction of sp³-hybridized carbons (Fsp3) is 0.412. The Bertz CT molecular complexity index is 656. The molecule has 0 aliphatic heterocycles. The molecule has 0 heterocycles. The number of carbonyl (C=O) groups excluding carboxylic acids is 3. The van der Waals surface area contributed by atoms with Gasteiger partial charge in [0.05, 0.1) is 25.2 Å². The van der Waals surface area contributed by atoms with E-state index in [0.717, 1.165) is 0 Å². The highest BCUT2D eigenvalue weighted by Crippen LogP contribution is 2.11. The molecule has 8 nitrogen and oxygen atoms in total. The number of carboxylic acids is 1. The Balaban J connectivity index is 2.85. The van der Waals surface area contributed by atoms with E-state index in [1.54, 1.807) is 6.92 Å². The summed E-state index contributed by atoms with van der Waals surface area (Å²) in [6.45, 7) is 3.36. The van der Waals surface area contributed by atoms with Crippen LogP contribution in [0.3, 0.4) is 0 Å². The smallest absolute Gasteiger partial charge is 0.337 e. The van der Waals surface area contributed by atoms with Gasteiger partial charge in [0.15, 0.2) is 0 Å². The van der Waals surface area contributed by atoms with Crippen LogP contribution in [-0.4, -0.2) is 48.7 Å². The zero-order valence-electron chi connectivity index (χ0n) is 14.3. The Morgan fingerprint density at radius 1 is 1.20 bits per heavy atom.